The summed E-state index contributed by atoms with van der Waals surface area (Å²) in [5.74, 6) is 3.03. The minimum Gasteiger partial charge on any atom is -0.313 e. The average molecular weight is 1270 g/mol. The summed E-state index contributed by atoms with van der Waals surface area (Å²) < 4.78 is 49.2. The summed E-state index contributed by atoms with van der Waals surface area (Å²) in [5.41, 5.74) is 24.1. The van der Waals surface area contributed by atoms with Crippen molar-refractivity contribution >= 4 is 87.9 Å². The SMILES string of the molecule is Cn1c2ccncc2c2c1n(-c1ccccc1)c1[n+]2Cc2ncccc2-1.[2H]C([2H])([2H])n1c2[n+](c3c1cn1ccncc31)Cc1ncccc1-2.c1ccc(-n2c3[n+](c4c5cnccc5n(-c5ccccc5)c42)Cc2ncccc2-3)cc1.c1cnc2c(c1)-c1sc3cc4ccncn4c3[n+]1C2. The summed E-state index contributed by atoms with van der Waals surface area (Å²) >= 11 is 1.83. The molecule has 20 heterocycles. The van der Waals surface area contributed by atoms with Gasteiger partial charge in [-0.3, -0.25) is 39.5 Å². The van der Waals surface area contributed by atoms with E-state index in [1.165, 1.54) is 75.5 Å². The molecule has 0 fully saturated rings. The Morgan fingerprint density at radius 1 is 0.427 bits per heavy atom. The molecule has 23 rings (SSSR count). The molecule has 0 saturated heterocycles. The molecule has 19 nitrogen and oxygen atoms in total. The number of aryl methyl sites for hydroxylation is 2. The zero-order valence-corrected chi connectivity index (χ0v) is 52.2. The molecule has 0 unspecified atom stereocenters. The van der Waals surface area contributed by atoms with E-state index in [9.17, 15) is 0 Å². The summed E-state index contributed by atoms with van der Waals surface area (Å²) in [7, 11) is 2.13. The van der Waals surface area contributed by atoms with Gasteiger partial charge in [-0.05, 0) is 97.1 Å². The molecular formula is C76H55N19S+4. The van der Waals surface area contributed by atoms with Gasteiger partial charge in [-0.15, -0.1) is 0 Å². The predicted octanol–water partition coefficient (Wildman–Crippen LogP) is 11.7. The minimum atomic E-state index is -2.27. The average Bonchev–Trinajstić information content (AvgIpc) is 1.55. The Morgan fingerprint density at radius 3 is 1.56 bits per heavy atom. The van der Waals surface area contributed by atoms with Gasteiger partial charge in [0, 0.05) is 93.0 Å². The van der Waals surface area contributed by atoms with Gasteiger partial charge in [-0.2, -0.15) is 13.5 Å². The topological polar surface area (TPSA) is 152 Å². The first-order valence-corrected chi connectivity index (χ1v) is 32.4. The molecule has 456 valence electrons. The standard InChI is InChI=1S/C26H18N5.C21H16N5.C15H12N5.C14H9N4S/c1-3-8-18(9-4-1)30-23-13-15-27-16-21(23)24-26(30)31(19-10-5-2-6-11-19)25-20-12-7-14-28-22(20)17-29(24)25;1-24-18-9-11-22-12-16(18)19-21(24)26(14-6-3-2-4-7-14)20-15-8-5-10-23-17(15)13-25(19)20;1-18-13-9-19-6-5-16-7-12(19)14(13)20-8-11-10(15(18)20)3-2-4-17-11;1-2-10-11(16-4-1)7-17-13-12(19-14(10)17)6-9-3-5-15-8-18(9)13/h1-16H,17H2;2-12H,13H2,1H3;2-7,9H,8H2,1H3;1-6,8H,7H2/q4*+1/i;;1D3;. The van der Waals surface area contributed by atoms with Gasteiger partial charge in [0.25, 0.3) is 28.8 Å². The van der Waals surface area contributed by atoms with Crippen molar-refractivity contribution in [3.05, 3.63) is 273 Å². The van der Waals surface area contributed by atoms with Gasteiger partial charge in [0.05, 0.1) is 90.3 Å². The molecule has 4 aliphatic heterocycles. The first-order valence-electron chi connectivity index (χ1n) is 33.1. The molecule has 0 aliphatic carbocycles. The molecule has 96 heavy (non-hydrogen) atoms. The fourth-order valence-electron chi connectivity index (χ4n) is 15.1. The van der Waals surface area contributed by atoms with Crippen LogP contribution in [0.15, 0.2) is 251 Å². The van der Waals surface area contributed by atoms with E-state index in [2.05, 4.69) is 211 Å². The number of thiazole rings is 1. The second-order valence-electron chi connectivity index (χ2n) is 24.2. The van der Waals surface area contributed by atoms with Crippen molar-refractivity contribution in [2.24, 2.45) is 14.0 Å². The van der Waals surface area contributed by atoms with Gasteiger partial charge in [-0.1, -0.05) is 65.9 Å². The molecule has 0 spiro atoms. The first-order chi connectivity index (χ1) is 48.7. The fraction of sp³-hybridized carbons (Fsp3) is 0.0789. The quantitative estimate of drug-likeness (QED) is 0.159. The maximum atomic E-state index is 7.99. The lowest BCUT2D eigenvalue weighted by Gasteiger charge is -2.08. The molecule has 0 amide bonds. The van der Waals surface area contributed by atoms with Gasteiger partial charge < -0.3 is 8.97 Å². The molecule has 20 heteroatoms. The molecule has 19 aromatic rings. The van der Waals surface area contributed by atoms with E-state index in [-0.39, 0.29) is 0 Å². The third-order valence-corrected chi connectivity index (χ3v) is 20.2. The number of rotatable bonds is 3. The van der Waals surface area contributed by atoms with Gasteiger partial charge >= 0.3 is 5.65 Å². The molecule has 4 aliphatic rings. The van der Waals surface area contributed by atoms with Gasteiger partial charge in [-0.25, -0.2) is 27.8 Å². The summed E-state index contributed by atoms with van der Waals surface area (Å²) in [4.78, 5) is 35.4. The summed E-state index contributed by atoms with van der Waals surface area (Å²) in [6, 6.07) is 56.4. The lowest BCUT2D eigenvalue weighted by molar-refractivity contribution is -0.645. The summed E-state index contributed by atoms with van der Waals surface area (Å²) in [5, 5.41) is 3.62. The Balaban J connectivity index is 0.0000000906. The Labute approximate surface area is 554 Å². The van der Waals surface area contributed by atoms with E-state index < -0.39 is 6.98 Å². The number of hydrogen-bond donors (Lipinski definition) is 0. The number of aromatic nitrogens is 19. The Hall–Kier alpha value is -12.7. The van der Waals surface area contributed by atoms with Crippen molar-refractivity contribution in [2.75, 3.05) is 0 Å². The molecule has 0 saturated carbocycles. The van der Waals surface area contributed by atoms with Crippen LogP contribution in [0.25, 0.3) is 138 Å². The van der Waals surface area contributed by atoms with Crippen LogP contribution >= 0.6 is 11.3 Å². The maximum absolute atomic E-state index is 7.99. The highest BCUT2D eigenvalue weighted by molar-refractivity contribution is 7.21. The highest BCUT2D eigenvalue weighted by Gasteiger charge is 2.42. The zero-order chi connectivity index (χ0) is 65.8. The number of benzene rings is 3. The molecule has 0 N–H and O–H groups in total. The normalized spacial score (nSPS) is 13.3. The number of nitrogens with zero attached hydrogens (tertiary/aromatic N) is 19. The summed E-state index contributed by atoms with van der Waals surface area (Å²) in [6.45, 7) is 0.696. The lowest BCUT2D eigenvalue weighted by Crippen LogP contribution is -2.31. The van der Waals surface area contributed by atoms with Gasteiger partial charge in [0.1, 0.15) is 53.3 Å². The number of imidazole rings is 3. The monoisotopic (exact) mass is 1270 g/mol. The van der Waals surface area contributed by atoms with E-state index in [0.29, 0.717) is 17.9 Å². The molecular weight excluding hydrogens is 1210 g/mol. The number of hydrogen-bond acceptors (Lipinski definition) is 9. The number of para-hydroxylation sites is 3. The number of fused-ring (bicyclic) bond motifs is 28. The minimum absolute atomic E-state index is 0.569. The van der Waals surface area contributed by atoms with E-state index >= 15 is 0 Å². The van der Waals surface area contributed by atoms with Crippen LogP contribution in [-0.2, 0) is 40.2 Å². The van der Waals surface area contributed by atoms with E-state index in [4.69, 9.17) is 4.11 Å². The van der Waals surface area contributed by atoms with Crippen LogP contribution in [0.4, 0.5) is 0 Å². The highest BCUT2D eigenvalue weighted by atomic mass is 32.1. The van der Waals surface area contributed by atoms with E-state index in [0.717, 1.165) is 98.4 Å². The maximum Gasteiger partial charge on any atom is 0.307 e. The Bertz CT molecular complexity index is 6510. The summed E-state index contributed by atoms with van der Waals surface area (Å²) in [6.07, 6.45) is 25.9. The van der Waals surface area contributed by atoms with Gasteiger partial charge in [0.2, 0.25) is 16.6 Å². The van der Waals surface area contributed by atoms with E-state index in [1.807, 2.05) is 125 Å². The van der Waals surface area contributed by atoms with Crippen LogP contribution in [0.5, 0.6) is 0 Å². The lowest BCUT2D eigenvalue weighted by atomic mass is 10.2. The highest BCUT2D eigenvalue weighted by Crippen LogP contribution is 2.41. The smallest absolute Gasteiger partial charge is 0.307 e. The Kier molecular flexibility index (Phi) is 11.1. The fourth-order valence-corrected chi connectivity index (χ4v) is 16.4. The molecule has 0 bridgehead atoms. The predicted molar refractivity (Wildman–Crippen MR) is 368 cm³/mol. The van der Waals surface area contributed by atoms with Crippen LogP contribution < -0.4 is 18.3 Å². The van der Waals surface area contributed by atoms with Crippen LogP contribution in [0.3, 0.4) is 0 Å². The number of pyridine rings is 6. The second-order valence-corrected chi connectivity index (χ2v) is 25.2. The third kappa shape index (κ3) is 7.80. The third-order valence-electron chi connectivity index (χ3n) is 19.1. The van der Waals surface area contributed by atoms with Crippen molar-refractivity contribution in [1.29, 1.82) is 0 Å². The van der Waals surface area contributed by atoms with Gasteiger partial charge in [0.15, 0.2) is 16.9 Å². The Morgan fingerprint density at radius 2 is 0.938 bits per heavy atom. The molecule has 0 radical (unpaired) electrons. The van der Waals surface area contributed by atoms with Crippen LogP contribution in [0, 0.1) is 0 Å². The van der Waals surface area contributed by atoms with Crippen molar-refractivity contribution in [2.45, 2.75) is 26.2 Å². The first kappa shape index (κ1) is 50.9. The second kappa shape index (κ2) is 20.9. The van der Waals surface area contributed by atoms with Crippen molar-refractivity contribution < 1.29 is 22.4 Å². The van der Waals surface area contributed by atoms with Crippen LogP contribution in [-0.4, -0.2) is 71.5 Å². The van der Waals surface area contributed by atoms with Crippen molar-refractivity contribution in [3.8, 4) is 61.8 Å². The largest absolute Gasteiger partial charge is 0.313 e. The zero-order valence-electron chi connectivity index (χ0n) is 54.4. The van der Waals surface area contributed by atoms with E-state index in [1.54, 1.807) is 18.6 Å². The molecule has 3 aromatic carbocycles. The van der Waals surface area contributed by atoms with Crippen LogP contribution in [0.1, 0.15) is 26.9 Å². The van der Waals surface area contributed by atoms with Crippen molar-refractivity contribution in [3.63, 3.8) is 0 Å². The van der Waals surface area contributed by atoms with Crippen LogP contribution in [0.2, 0.25) is 0 Å². The molecule has 0 atom stereocenters. The molecule has 16 aromatic heterocycles. The van der Waals surface area contributed by atoms with Crippen molar-refractivity contribution in [1.82, 2.24) is 71.5 Å².